The lowest BCUT2D eigenvalue weighted by molar-refractivity contribution is -0.124. The Labute approximate surface area is 105 Å². The molecule has 1 aliphatic carbocycles. The van der Waals surface area contributed by atoms with E-state index in [1.54, 1.807) is 7.05 Å². The van der Waals surface area contributed by atoms with Gasteiger partial charge in [-0.15, -0.1) is 0 Å². The first-order chi connectivity index (χ1) is 7.98. The molecule has 0 aromatic heterocycles. The molecule has 4 heteroatoms. The molecule has 1 atom stereocenters. The van der Waals surface area contributed by atoms with Crippen LogP contribution in [-0.4, -0.2) is 43.5 Å². The van der Waals surface area contributed by atoms with Crippen LogP contribution in [0.25, 0.3) is 0 Å². The molecule has 0 bridgehead atoms. The first-order valence-corrected chi connectivity index (χ1v) is 6.65. The molecule has 0 aliphatic heterocycles. The SMILES string of the molecule is CNC(C)(CCN(C)CC1CCCC1)C(N)=O. The number of amides is 1. The van der Waals surface area contributed by atoms with Crippen LogP contribution in [0.15, 0.2) is 0 Å². The maximum Gasteiger partial charge on any atom is 0.237 e. The molecule has 17 heavy (non-hydrogen) atoms. The van der Waals surface area contributed by atoms with Gasteiger partial charge < -0.3 is 16.0 Å². The van der Waals surface area contributed by atoms with Crippen LogP contribution in [-0.2, 0) is 4.79 Å². The van der Waals surface area contributed by atoms with E-state index >= 15 is 0 Å². The summed E-state index contributed by atoms with van der Waals surface area (Å²) >= 11 is 0. The molecular weight excluding hydrogens is 214 g/mol. The Morgan fingerprint density at radius 1 is 1.47 bits per heavy atom. The lowest BCUT2D eigenvalue weighted by Gasteiger charge is -2.29. The predicted molar refractivity (Wildman–Crippen MR) is 70.7 cm³/mol. The molecule has 4 nitrogen and oxygen atoms in total. The third-order valence-electron chi connectivity index (χ3n) is 4.13. The zero-order chi connectivity index (χ0) is 12.9. The van der Waals surface area contributed by atoms with Gasteiger partial charge in [0.15, 0.2) is 0 Å². The molecule has 1 saturated carbocycles. The largest absolute Gasteiger partial charge is 0.368 e. The van der Waals surface area contributed by atoms with Gasteiger partial charge in [-0.2, -0.15) is 0 Å². The third-order valence-corrected chi connectivity index (χ3v) is 4.13. The molecule has 1 amide bonds. The summed E-state index contributed by atoms with van der Waals surface area (Å²) in [5, 5.41) is 3.03. The summed E-state index contributed by atoms with van der Waals surface area (Å²) in [6, 6.07) is 0. The van der Waals surface area contributed by atoms with Crippen LogP contribution in [0.5, 0.6) is 0 Å². The summed E-state index contributed by atoms with van der Waals surface area (Å²) in [4.78, 5) is 13.7. The minimum Gasteiger partial charge on any atom is -0.368 e. The Morgan fingerprint density at radius 2 is 2.06 bits per heavy atom. The van der Waals surface area contributed by atoms with Crippen LogP contribution in [0.2, 0.25) is 0 Å². The minimum atomic E-state index is -0.579. The Kier molecular flexibility index (Phi) is 5.40. The molecule has 1 fully saturated rings. The van der Waals surface area contributed by atoms with Gasteiger partial charge in [-0.1, -0.05) is 12.8 Å². The van der Waals surface area contributed by atoms with E-state index in [4.69, 9.17) is 5.73 Å². The molecule has 0 saturated heterocycles. The fraction of sp³-hybridized carbons (Fsp3) is 0.923. The lowest BCUT2D eigenvalue weighted by atomic mass is 9.96. The number of rotatable bonds is 7. The van der Waals surface area contributed by atoms with Gasteiger partial charge in [0.1, 0.15) is 0 Å². The standard InChI is InChI=1S/C13H27N3O/c1-13(15-2,12(14)17)8-9-16(3)10-11-6-4-5-7-11/h11,15H,4-10H2,1-3H3,(H2,14,17). The number of hydrogen-bond acceptors (Lipinski definition) is 3. The van der Waals surface area contributed by atoms with E-state index in [0.717, 1.165) is 25.4 Å². The number of carbonyl (C=O) groups is 1. The van der Waals surface area contributed by atoms with Crippen LogP contribution in [0.4, 0.5) is 0 Å². The van der Waals surface area contributed by atoms with Gasteiger partial charge in [-0.05, 0) is 46.2 Å². The van der Waals surface area contributed by atoms with Gasteiger partial charge in [0.25, 0.3) is 0 Å². The van der Waals surface area contributed by atoms with Crippen LogP contribution < -0.4 is 11.1 Å². The van der Waals surface area contributed by atoms with Gasteiger partial charge in [0.05, 0.1) is 5.54 Å². The first-order valence-electron chi connectivity index (χ1n) is 6.65. The van der Waals surface area contributed by atoms with Crippen LogP contribution in [0.1, 0.15) is 39.0 Å². The van der Waals surface area contributed by atoms with Crippen LogP contribution >= 0.6 is 0 Å². The number of nitrogens with one attached hydrogen (secondary N) is 1. The summed E-state index contributed by atoms with van der Waals surface area (Å²) in [6.45, 7) is 3.94. The highest BCUT2D eigenvalue weighted by atomic mass is 16.1. The summed E-state index contributed by atoms with van der Waals surface area (Å²) in [5.41, 5.74) is 4.83. The number of carbonyl (C=O) groups excluding carboxylic acids is 1. The number of nitrogens with zero attached hydrogens (tertiary/aromatic N) is 1. The summed E-state index contributed by atoms with van der Waals surface area (Å²) in [6.07, 6.45) is 6.26. The van der Waals surface area contributed by atoms with E-state index in [0.29, 0.717) is 0 Å². The zero-order valence-electron chi connectivity index (χ0n) is 11.5. The van der Waals surface area contributed by atoms with Crippen molar-refractivity contribution in [1.29, 1.82) is 0 Å². The van der Waals surface area contributed by atoms with Crippen molar-refractivity contribution < 1.29 is 4.79 Å². The molecule has 0 aromatic rings. The van der Waals surface area contributed by atoms with Crippen molar-refractivity contribution in [2.24, 2.45) is 11.7 Å². The number of hydrogen-bond donors (Lipinski definition) is 2. The van der Waals surface area contributed by atoms with Gasteiger partial charge in [0, 0.05) is 13.1 Å². The molecule has 1 rings (SSSR count). The fourth-order valence-electron chi connectivity index (χ4n) is 2.51. The average Bonchev–Trinajstić information content (AvgIpc) is 2.78. The first kappa shape index (κ1) is 14.5. The Bertz CT molecular complexity index is 251. The minimum absolute atomic E-state index is 0.269. The predicted octanol–water partition coefficient (Wildman–Crippen LogP) is 0.962. The highest BCUT2D eigenvalue weighted by molar-refractivity contribution is 5.84. The quantitative estimate of drug-likeness (QED) is 0.698. The van der Waals surface area contributed by atoms with Crippen molar-refractivity contribution >= 4 is 5.91 Å². The molecule has 0 aromatic carbocycles. The monoisotopic (exact) mass is 241 g/mol. The van der Waals surface area contributed by atoms with Crippen molar-refractivity contribution in [3.05, 3.63) is 0 Å². The fourth-order valence-corrected chi connectivity index (χ4v) is 2.51. The van der Waals surface area contributed by atoms with E-state index in [1.165, 1.54) is 25.7 Å². The highest BCUT2D eigenvalue weighted by Crippen LogP contribution is 2.25. The van der Waals surface area contributed by atoms with Crippen molar-refractivity contribution in [3.8, 4) is 0 Å². The number of primary amides is 1. The topological polar surface area (TPSA) is 58.4 Å². The highest BCUT2D eigenvalue weighted by Gasteiger charge is 2.29. The molecule has 0 spiro atoms. The molecule has 0 radical (unpaired) electrons. The van der Waals surface area contributed by atoms with Crippen LogP contribution in [0.3, 0.4) is 0 Å². The molecule has 100 valence electrons. The van der Waals surface area contributed by atoms with Crippen molar-refractivity contribution in [2.75, 3.05) is 27.2 Å². The van der Waals surface area contributed by atoms with Gasteiger partial charge in [-0.3, -0.25) is 4.79 Å². The summed E-state index contributed by atoms with van der Waals surface area (Å²) < 4.78 is 0. The Morgan fingerprint density at radius 3 is 2.53 bits per heavy atom. The molecule has 3 N–H and O–H groups in total. The molecule has 1 aliphatic rings. The lowest BCUT2D eigenvalue weighted by Crippen LogP contribution is -2.53. The maximum absolute atomic E-state index is 11.4. The second kappa shape index (κ2) is 6.36. The number of likely N-dealkylation sites (N-methyl/N-ethyl adjacent to an activating group) is 1. The maximum atomic E-state index is 11.4. The van der Waals surface area contributed by atoms with Crippen molar-refractivity contribution in [3.63, 3.8) is 0 Å². The van der Waals surface area contributed by atoms with Gasteiger partial charge >= 0.3 is 0 Å². The Hall–Kier alpha value is -0.610. The van der Waals surface area contributed by atoms with E-state index in [2.05, 4.69) is 17.3 Å². The van der Waals surface area contributed by atoms with E-state index in [1.807, 2.05) is 6.92 Å². The molecule has 1 unspecified atom stereocenters. The van der Waals surface area contributed by atoms with E-state index in [-0.39, 0.29) is 5.91 Å². The Balaban J connectivity index is 2.30. The van der Waals surface area contributed by atoms with Crippen LogP contribution in [0, 0.1) is 5.92 Å². The van der Waals surface area contributed by atoms with E-state index < -0.39 is 5.54 Å². The van der Waals surface area contributed by atoms with Crippen molar-refractivity contribution in [2.45, 2.75) is 44.6 Å². The van der Waals surface area contributed by atoms with Crippen molar-refractivity contribution in [1.82, 2.24) is 10.2 Å². The smallest absolute Gasteiger partial charge is 0.237 e. The average molecular weight is 241 g/mol. The van der Waals surface area contributed by atoms with E-state index in [9.17, 15) is 4.79 Å². The number of nitrogens with two attached hydrogens (primary N) is 1. The third kappa shape index (κ3) is 4.28. The summed E-state index contributed by atoms with van der Waals surface area (Å²) in [7, 11) is 3.93. The molecular formula is C13H27N3O. The van der Waals surface area contributed by atoms with Gasteiger partial charge in [-0.25, -0.2) is 0 Å². The molecule has 0 heterocycles. The normalized spacial score (nSPS) is 20.7. The second-order valence-electron chi connectivity index (χ2n) is 5.61. The second-order valence-corrected chi connectivity index (χ2v) is 5.61. The zero-order valence-corrected chi connectivity index (χ0v) is 11.5. The summed E-state index contributed by atoms with van der Waals surface area (Å²) in [5.74, 6) is 0.587. The van der Waals surface area contributed by atoms with Gasteiger partial charge in [0.2, 0.25) is 5.91 Å².